The van der Waals surface area contributed by atoms with Crippen LogP contribution >= 0.6 is 0 Å². The maximum absolute atomic E-state index is 2.52. The second-order valence-corrected chi connectivity index (χ2v) is 24.4. The van der Waals surface area contributed by atoms with Gasteiger partial charge in [-0.25, -0.2) is 0 Å². The van der Waals surface area contributed by atoms with E-state index in [1.54, 1.807) is 0 Å². The molecule has 0 fully saturated rings. The molecule has 0 aliphatic heterocycles. The third kappa shape index (κ3) is 7.37. The summed E-state index contributed by atoms with van der Waals surface area (Å²) >= 11 is 0. The molecule has 0 amide bonds. The van der Waals surface area contributed by atoms with Crippen LogP contribution in [0.4, 0.5) is 0 Å². The number of aromatic nitrogens is 2. The predicted molar refractivity (Wildman–Crippen MR) is 305 cm³/mol. The molecule has 11 rings (SSSR count). The summed E-state index contributed by atoms with van der Waals surface area (Å²) in [6, 6.07) is 61.1. The quantitative estimate of drug-likeness (QED) is 0.156. The molecular formula is C68H68N2. The van der Waals surface area contributed by atoms with Gasteiger partial charge in [-0.1, -0.05) is 168 Å². The van der Waals surface area contributed by atoms with E-state index in [-0.39, 0.29) is 21.7 Å². The predicted octanol–water partition coefficient (Wildman–Crippen LogP) is 19.3. The van der Waals surface area contributed by atoms with Gasteiger partial charge in [-0.15, -0.1) is 0 Å². The Labute approximate surface area is 415 Å². The van der Waals surface area contributed by atoms with Crippen molar-refractivity contribution in [1.29, 1.82) is 0 Å². The van der Waals surface area contributed by atoms with Gasteiger partial charge in [-0.3, -0.25) is 0 Å². The Morgan fingerprint density at radius 2 is 0.557 bits per heavy atom. The number of rotatable bonds is 4. The molecule has 2 nitrogen and oxygen atoms in total. The van der Waals surface area contributed by atoms with Crippen LogP contribution in [0.2, 0.25) is 0 Å². The maximum atomic E-state index is 2.52. The van der Waals surface area contributed by atoms with Crippen LogP contribution in [0, 0.1) is 13.8 Å². The molecule has 0 atom stereocenters. The molecule has 11 aromatic rings. The van der Waals surface area contributed by atoms with Crippen LogP contribution in [0.5, 0.6) is 0 Å². The molecule has 0 aliphatic carbocycles. The van der Waals surface area contributed by atoms with Gasteiger partial charge in [-0.05, 0) is 185 Å². The molecule has 0 aliphatic rings. The first-order valence-corrected chi connectivity index (χ1v) is 25.4. The van der Waals surface area contributed by atoms with Gasteiger partial charge in [0.15, 0.2) is 0 Å². The van der Waals surface area contributed by atoms with Crippen molar-refractivity contribution in [3.05, 3.63) is 191 Å². The Hall–Kier alpha value is -6.90. The van der Waals surface area contributed by atoms with E-state index in [0.29, 0.717) is 0 Å². The SMILES string of the molecule is Cc1ccccc1-c1c2ccc(-n3c4ccc(C(C)(C)C)cc4c4cc(C(C)(C)C)ccc43)cc2c(-c2ccccc2C)c2ccc(-n3c4ccc(C(C)(C)C)cc4c4cc(C(C)(C)C)ccc43)cc12. The van der Waals surface area contributed by atoms with Crippen LogP contribution in [0.15, 0.2) is 158 Å². The fourth-order valence-electron chi connectivity index (χ4n) is 11.2. The lowest BCUT2D eigenvalue weighted by Crippen LogP contribution is -2.10. The summed E-state index contributed by atoms with van der Waals surface area (Å²) in [5.74, 6) is 0. The van der Waals surface area contributed by atoms with Gasteiger partial charge in [0.25, 0.3) is 0 Å². The highest BCUT2D eigenvalue weighted by molar-refractivity contribution is 6.23. The molecule has 0 saturated carbocycles. The normalized spacial score (nSPS) is 13.0. The van der Waals surface area contributed by atoms with Crippen LogP contribution in [0.25, 0.3) is 98.8 Å². The average Bonchev–Trinajstić information content (AvgIpc) is 3.81. The Balaban J connectivity index is 1.26. The van der Waals surface area contributed by atoms with E-state index in [0.717, 1.165) is 11.4 Å². The molecule has 0 radical (unpaired) electrons. The van der Waals surface area contributed by atoms with Gasteiger partial charge in [0.1, 0.15) is 0 Å². The monoisotopic (exact) mass is 913 g/mol. The Morgan fingerprint density at radius 3 is 0.829 bits per heavy atom. The first-order valence-electron chi connectivity index (χ1n) is 25.4. The Kier molecular flexibility index (Phi) is 10.3. The van der Waals surface area contributed by atoms with Crippen LogP contribution in [-0.2, 0) is 21.7 Å². The molecule has 0 unspecified atom stereocenters. The lowest BCUT2D eigenvalue weighted by atomic mass is 9.83. The molecule has 2 aromatic heterocycles. The number of fused-ring (bicyclic) bond motifs is 8. The van der Waals surface area contributed by atoms with Gasteiger partial charge in [0, 0.05) is 32.9 Å². The van der Waals surface area contributed by atoms with Crippen LogP contribution in [0.1, 0.15) is 116 Å². The standard InChI is InChI=1S/C68H68N2/c1-41-19-15-17-21-49(41)63-51-29-27-48(70-61-33-25-45(67(9,10)11)37-55(61)56-38-46(68(12,13)14)26-34-62(56)70)40-58(51)64(50-22-18-16-20-42(50)2)52-30-28-47(39-57(52)63)69-59-31-23-43(65(3,4)5)35-53(59)54-36-44(66(6,7)8)24-32-60(54)69/h15-40H,1-14H3. The lowest BCUT2D eigenvalue weighted by molar-refractivity contribution is 0.590. The van der Waals surface area contributed by atoms with Gasteiger partial charge >= 0.3 is 0 Å². The number of nitrogens with zero attached hydrogens (tertiary/aromatic N) is 2. The lowest BCUT2D eigenvalue weighted by Gasteiger charge is -2.22. The van der Waals surface area contributed by atoms with E-state index in [1.165, 1.54) is 121 Å². The third-order valence-corrected chi connectivity index (χ3v) is 15.4. The second-order valence-electron chi connectivity index (χ2n) is 24.4. The van der Waals surface area contributed by atoms with Crippen molar-refractivity contribution >= 4 is 65.2 Å². The summed E-state index contributed by atoms with van der Waals surface area (Å²) in [4.78, 5) is 0. The van der Waals surface area contributed by atoms with Crippen LogP contribution in [-0.4, -0.2) is 9.13 Å². The fraction of sp³-hybridized carbons (Fsp3) is 0.265. The molecule has 0 spiro atoms. The van der Waals surface area contributed by atoms with Crippen molar-refractivity contribution in [3.63, 3.8) is 0 Å². The van der Waals surface area contributed by atoms with Crippen molar-refractivity contribution in [2.24, 2.45) is 0 Å². The first-order chi connectivity index (χ1) is 33.1. The summed E-state index contributed by atoms with van der Waals surface area (Å²) in [5.41, 5.74) is 20.3. The maximum Gasteiger partial charge on any atom is 0.0541 e. The summed E-state index contributed by atoms with van der Waals surface area (Å²) in [5, 5.41) is 10.2. The zero-order valence-electron chi connectivity index (χ0n) is 43.9. The Morgan fingerprint density at radius 1 is 0.271 bits per heavy atom. The number of hydrogen-bond donors (Lipinski definition) is 0. The van der Waals surface area contributed by atoms with Gasteiger partial charge in [-0.2, -0.15) is 0 Å². The first kappa shape index (κ1) is 45.5. The average molecular weight is 913 g/mol. The van der Waals surface area contributed by atoms with Crippen molar-refractivity contribution in [1.82, 2.24) is 9.13 Å². The summed E-state index contributed by atoms with van der Waals surface area (Å²) in [7, 11) is 0. The van der Waals surface area contributed by atoms with E-state index >= 15 is 0 Å². The zero-order chi connectivity index (χ0) is 49.4. The molecule has 0 N–H and O–H groups in total. The van der Waals surface area contributed by atoms with Crippen LogP contribution in [0.3, 0.4) is 0 Å². The number of hydrogen-bond acceptors (Lipinski definition) is 0. The minimum Gasteiger partial charge on any atom is -0.309 e. The molecule has 70 heavy (non-hydrogen) atoms. The minimum absolute atomic E-state index is 0.0235. The topological polar surface area (TPSA) is 9.86 Å². The van der Waals surface area contributed by atoms with E-state index in [1.807, 2.05) is 0 Å². The van der Waals surface area contributed by atoms with E-state index < -0.39 is 0 Å². The Bertz CT molecular complexity index is 3530. The zero-order valence-corrected chi connectivity index (χ0v) is 43.9. The van der Waals surface area contributed by atoms with E-state index in [2.05, 4.69) is 264 Å². The molecule has 350 valence electrons. The van der Waals surface area contributed by atoms with E-state index in [9.17, 15) is 0 Å². The van der Waals surface area contributed by atoms with Gasteiger partial charge in [0.2, 0.25) is 0 Å². The molecule has 0 bridgehead atoms. The van der Waals surface area contributed by atoms with Gasteiger partial charge in [0.05, 0.1) is 22.1 Å². The number of benzene rings is 9. The largest absolute Gasteiger partial charge is 0.309 e. The molecular weight excluding hydrogens is 845 g/mol. The highest BCUT2D eigenvalue weighted by Gasteiger charge is 2.26. The van der Waals surface area contributed by atoms with Crippen molar-refractivity contribution in [2.45, 2.75) is 119 Å². The highest BCUT2D eigenvalue weighted by atomic mass is 15.0. The molecule has 2 heterocycles. The van der Waals surface area contributed by atoms with Crippen molar-refractivity contribution in [2.75, 3.05) is 0 Å². The van der Waals surface area contributed by atoms with Gasteiger partial charge < -0.3 is 9.13 Å². The minimum atomic E-state index is 0.0235. The summed E-state index contributed by atoms with van der Waals surface area (Å²) in [6.07, 6.45) is 0. The molecule has 9 aromatic carbocycles. The summed E-state index contributed by atoms with van der Waals surface area (Å²) in [6.45, 7) is 32.3. The van der Waals surface area contributed by atoms with E-state index in [4.69, 9.17) is 0 Å². The summed E-state index contributed by atoms with van der Waals surface area (Å²) < 4.78 is 5.04. The number of aryl methyl sites for hydroxylation is 2. The second kappa shape index (κ2) is 15.8. The third-order valence-electron chi connectivity index (χ3n) is 15.4. The van der Waals surface area contributed by atoms with Crippen molar-refractivity contribution in [3.8, 4) is 33.6 Å². The molecule has 0 saturated heterocycles. The smallest absolute Gasteiger partial charge is 0.0541 e. The fourth-order valence-corrected chi connectivity index (χ4v) is 11.2. The highest BCUT2D eigenvalue weighted by Crippen LogP contribution is 2.48. The van der Waals surface area contributed by atoms with Crippen LogP contribution < -0.4 is 0 Å². The molecule has 2 heteroatoms. The van der Waals surface area contributed by atoms with Crippen molar-refractivity contribution < 1.29 is 0 Å².